The van der Waals surface area contributed by atoms with Gasteiger partial charge in [0.1, 0.15) is 0 Å². The van der Waals surface area contributed by atoms with E-state index in [2.05, 4.69) is 51.7 Å². The number of halogens is 1. The van der Waals surface area contributed by atoms with Crippen LogP contribution in [-0.2, 0) is 0 Å². The Morgan fingerprint density at radius 2 is 2.06 bits per heavy atom. The largest absolute Gasteiger partial charge is 0.384 e. The Kier molecular flexibility index (Phi) is 4.10. The fraction of sp³-hybridized carbons (Fsp3) is 0.571. The van der Waals surface area contributed by atoms with Crippen molar-refractivity contribution in [3.63, 3.8) is 0 Å². The summed E-state index contributed by atoms with van der Waals surface area (Å²) in [6.45, 7) is 4.35. The third-order valence-electron chi connectivity index (χ3n) is 3.81. The minimum Gasteiger partial charge on any atom is -0.384 e. The highest BCUT2D eigenvalue weighted by atomic mass is 79.9. The first kappa shape index (κ1) is 12.9. The van der Waals surface area contributed by atoms with Crippen molar-refractivity contribution in [1.29, 1.82) is 0 Å². The summed E-state index contributed by atoms with van der Waals surface area (Å²) in [5, 5.41) is 6.93. The maximum atomic E-state index is 3.61. The lowest BCUT2D eigenvalue weighted by Gasteiger charge is -2.42. The average molecular weight is 297 g/mol. The molecule has 1 aromatic rings. The second-order valence-electron chi connectivity index (χ2n) is 5.20. The van der Waals surface area contributed by atoms with Crippen molar-refractivity contribution in [1.82, 2.24) is 5.32 Å². The van der Waals surface area contributed by atoms with E-state index in [1.54, 1.807) is 0 Å². The quantitative estimate of drug-likeness (QED) is 0.868. The Morgan fingerprint density at radius 3 is 2.59 bits per heavy atom. The molecule has 0 bridgehead atoms. The van der Waals surface area contributed by atoms with Gasteiger partial charge in [-0.15, -0.1) is 0 Å². The second kappa shape index (κ2) is 5.40. The van der Waals surface area contributed by atoms with Crippen molar-refractivity contribution in [3.8, 4) is 0 Å². The minimum atomic E-state index is 0.480. The Hall–Kier alpha value is -0.540. The van der Waals surface area contributed by atoms with Crippen molar-refractivity contribution in [2.24, 2.45) is 5.41 Å². The summed E-state index contributed by atoms with van der Waals surface area (Å²) in [5.74, 6) is 0. The third kappa shape index (κ3) is 3.02. The summed E-state index contributed by atoms with van der Waals surface area (Å²) in [4.78, 5) is 0. The molecule has 1 aromatic carbocycles. The first-order valence-corrected chi connectivity index (χ1v) is 7.09. The molecular formula is C14H21BrN2. The van der Waals surface area contributed by atoms with Gasteiger partial charge in [-0.1, -0.05) is 22.4 Å². The summed E-state index contributed by atoms with van der Waals surface area (Å²) >= 11 is 3.50. The Labute approximate surface area is 112 Å². The molecule has 1 fully saturated rings. The molecule has 2 nitrogen and oxygen atoms in total. The van der Waals surface area contributed by atoms with E-state index >= 15 is 0 Å². The zero-order valence-corrected chi connectivity index (χ0v) is 12.2. The molecule has 0 unspecified atom stereocenters. The molecular weight excluding hydrogens is 276 g/mol. The standard InChI is InChI=1S/C14H21BrN2/c1-11-8-12(15)4-5-13(11)17-10-14(9-16-2)6-3-7-14/h4-5,8,16-17H,3,6-7,9-10H2,1-2H3. The normalized spacial score (nSPS) is 17.6. The molecule has 0 radical (unpaired) electrons. The van der Waals surface area contributed by atoms with Crippen LogP contribution in [0.5, 0.6) is 0 Å². The van der Waals surface area contributed by atoms with Gasteiger partial charge in [0.2, 0.25) is 0 Å². The van der Waals surface area contributed by atoms with Gasteiger partial charge in [0.25, 0.3) is 0 Å². The fourth-order valence-electron chi connectivity index (χ4n) is 2.58. The molecule has 2 N–H and O–H groups in total. The lowest BCUT2D eigenvalue weighted by atomic mass is 9.68. The summed E-state index contributed by atoms with van der Waals surface area (Å²) in [6, 6.07) is 6.42. The average Bonchev–Trinajstić information content (AvgIpc) is 2.24. The van der Waals surface area contributed by atoms with E-state index in [1.165, 1.54) is 30.5 Å². The second-order valence-corrected chi connectivity index (χ2v) is 6.11. The highest BCUT2D eigenvalue weighted by Gasteiger charge is 2.35. The van der Waals surface area contributed by atoms with Crippen molar-refractivity contribution in [2.75, 3.05) is 25.5 Å². The molecule has 0 amide bonds. The number of hydrogen-bond acceptors (Lipinski definition) is 2. The lowest BCUT2D eigenvalue weighted by Crippen LogP contribution is -2.44. The van der Waals surface area contributed by atoms with Gasteiger partial charge in [0.15, 0.2) is 0 Å². The van der Waals surface area contributed by atoms with Gasteiger partial charge in [-0.25, -0.2) is 0 Å². The van der Waals surface area contributed by atoms with E-state index in [9.17, 15) is 0 Å². The van der Waals surface area contributed by atoms with E-state index in [0.717, 1.165) is 17.6 Å². The van der Waals surface area contributed by atoms with Crippen LogP contribution in [0.4, 0.5) is 5.69 Å². The van der Waals surface area contributed by atoms with Crippen LogP contribution in [-0.4, -0.2) is 20.1 Å². The van der Waals surface area contributed by atoms with Crippen LogP contribution in [0, 0.1) is 12.3 Å². The van der Waals surface area contributed by atoms with Crippen LogP contribution < -0.4 is 10.6 Å². The van der Waals surface area contributed by atoms with Crippen molar-refractivity contribution in [3.05, 3.63) is 28.2 Å². The number of anilines is 1. The molecule has 0 spiro atoms. The third-order valence-corrected chi connectivity index (χ3v) is 4.30. The summed E-state index contributed by atoms with van der Waals surface area (Å²) in [6.07, 6.45) is 4.06. The fourth-order valence-corrected chi connectivity index (χ4v) is 3.05. The van der Waals surface area contributed by atoms with Crippen molar-refractivity contribution in [2.45, 2.75) is 26.2 Å². The smallest absolute Gasteiger partial charge is 0.0370 e. The van der Waals surface area contributed by atoms with E-state index in [0.29, 0.717) is 5.41 Å². The van der Waals surface area contributed by atoms with E-state index in [1.807, 2.05) is 7.05 Å². The highest BCUT2D eigenvalue weighted by molar-refractivity contribution is 9.10. The van der Waals surface area contributed by atoms with Crippen molar-refractivity contribution >= 4 is 21.6 Å². The Morgan fingerprint density at radius 1 is 1.29 bits per heavy atom. The van der Waals surface area contributed by atoms with Gasteiger partial charge in [-0.05, 0) is 50.6 Å². The monoisotopic (exact) mass is 296 g/mol. The van der Waals surface area contributed by atoms with E-state index in [4.69, 9.17) is 0 Å². The highest BCUT2D eigenvalue weighted by Crippen LogP contribution is 2.40. The van der Waals surface area contributed by atoms with Gasteiger partial charge >= 0.3 is 0 Å². The molecule has 1 aliphatic rings. The van der Waals surface area contributed by atoms with Gasteiger partial charge < -0.3 is 10.6 Å². The van der Waals surface area contributed by atoms with E-state index in [-0.39, 0.29) is 0 Å². The number of hydrogen-bond donors (Lipinski definition) is 2. The molecule has 0 heterocycles. The molecule has 0 aromatic heterocycles. The minimum absolute atomic E-state index is 0.480. The predicted molar refractivity (Wildman–Crippen MR) is 77.6 cm³/mol. The molecule has 0 aliphatic heterocycles. The molecule has 0 saturated heterocycles. The lowest BCUT2D eigenvalue weighted by molar-refractivity contribution is 0.151. The summed E-state index contributed by atoms with van der Waals surface area (Å²) in [7, 11) is 2.05. The molecule has 17 heavy (non-hydrogen) atoms. The SMILES string of the molecule is CNCC1(CNc2ccc(Br)cc2C)CCC1. The zero-order chi connectivity index (χ0) is 12.3. The molecule has 3 heteroatoms. The topological polar surface area (TPSA) is 24.1 Å². The van der Waals surface area contributed by atoms with Crippen LogP contribution in [0.1, 0.15) is 24.8 Å². The Bertz CT molecular complexity index is 386. The first-order chi connectivity index (χ1) is 8.15. The van der Waals surface area contributed by atoms with Crippen LogP contribution >= 0.6 is 15.9 Å². The van der Waals surface area contributed by atoms with Crippen LogP contribution in [0.25, 0.3) is 0 Å². The predicted octanol–water partition coefficient (Wildman–Crippen LogP) is 3.56. The molecule has 94 valence electrons. The number of benzene rings is 1. The van der Waals surface area contributed by atoms with Gasteiger partial charge in [-0.3, -0.25) is 0 Å². The molecule has 1 saturated carbocycles. The molecule has 0 atom stereocenters. The maximum Gasteiger partial charge on any atom is 0.0370 e. The number of nitrogens with one attached hydrogen (secondary N) is 2. The van der Waals surface area contributed by atoms with Gasteiger partial charge in [-0.2, -0.15) is 0 Å². The van der Waals surface area contributed by atoms with Crippen LogP contribution in [0.15, 0.2) is 22.7 Å². The van der Waals surface area contributed by atoms with Crippen LogP contribution in [0.3, 0.4) is 0 Å². The van der Waals surface area contributed by atoms with Gasteiger partial charge in [0, 0.05) is 28.7 Å². The first-order valence-electron chi connectivity index (χ1n) is 6.30. The number of aryl methyl sites for hydroxylation is 1. The molecule has 2 rings (SSSR count). The summed E-state index contributed by atoms with van der Waals surface area (Å²) in [5.41, 5.74) is 3.04. The van der Waals surface area contributed by atoms with Crippen molar-refractivity contribution < 1.29 is 0 Å². The molecule has 1 aliphatic carbocycles. The zero-order valence-electron chi connectivity index (χ0n) is 10.6. The van der Waals surface area contributed by atoms with Crippen LogP contribution in [0.2, 0.25) is 0 Å². The summed E-state index contributed by atoms with van der Waals surface area (Å²) < 4.78 is 1.15. The van der Waals surface area contributed by atoms with E-state index < -0.39 is 0 Å². The number of rotatable bonds is 5. The van der Waals surface area contributed by atoms with Gasteiger partial charge in [0.05, 0.1) is 0 Å². The maximum absolute atomic E-state index is 3.61. The Balaban J connectivity index is 1.97.